The van der Waals surface area contributed by atoms with Crippen molar-refractivity contribution in [1.82, 2.24) is 31.6 Å². The molecule has 1 aromatic rings. The van der Waals surface area contributed by atoms with Gasteiger partial charge in [-0.2, -0.15) is 31.9 Å². The molecule has 7 amide bonds. The van der Waals surface area contributed by atoms with Gasteiger partial charge in [-0.25, -0.2) is 14.4 Å². The molecule has 0 spiro atoms. The standard InChI is InChI=1S/C72H114N6O26S3/c79-56(13-7-9-17-62-67-60(51-105-62)74-71(87)76-67)11-3-1-5-15-58(81)48-53-45-54(49-59(82)16-6-2-4-12-57(80)14-8-10-18-63-68-61(52-106-63)75-72(88)77-68)47-55(46-53)69(85)73-20-22-93-24-26-95-28-30-97-32-34-99-36-38-101-40-42-103-44-43-102-41-39-100-37-35-98-33-31-96-29-27-94-25-23-92-21-19-66(84)104-78-65(83)50-64(70(78)86)107(89,90)91/h45-47,60-64,67-68H,1-44,48-52H2,(H,73,85)(H2,74,76,87)(H2,75,77,88)(H,89,90,91). The van der Waals surface area contributed by atoms with E-state index in [0.29, 0.717) is 211 Å². The van der Waals surface area contributed by atoms with Gasteiger partial charge in [0.1, 0.15) is 23.1 Å². The molecule has 107 heavy (non-hydrogen) atoms. The average molecular weight is 1580 g/mol. The molecule has 6 rings (SSSR count). The summed E-state index contributed by atoms with van der Waals surface area (Å²) in [4.78, 5) is 129. The van der Waals surface area contributed by atoms with Gasteiger partial charge in [0, 0.05) is 85.5 Å². The second-order valence-corrected chi connectivity index (χ2v) is 30.6. The molecule has 0 radical (unpaired) electrons. The normalized spacial score (nSPS) is 19.6. The molecule has 7 unspecified atom stereocenters. The number of nitrogens with zero attached hydrogens (tertiary/aromatic N) is 1. The van der Waals surface area contributed by atoms with Crippen LogP contribution in [-0.4, -0.2) is 293 Å². The van der Waals surface area contributed by atoms with E-state index in [1.54, 1.807) is 12.1 Å². The molecule has 5 saturated heterocycles. The van der Waals surface area contributed by atoms with Crippen LogP contribution in [0.15, 0.2) is 18.2 Å². The number of rotatable bonds is 68. The summed E-state index contributed by atoms with van der Waals surface area (Å²) >= 11 is 3.76. The lowest BCUT2D eigenvalue weighted by atomic mass is 9.96. The van der Waals surface area contributed by atoms with Gasteiger partial charge in [0.25, 0.3) is 27.8 Å². The first-order valence-corrected chi connectivity index (χ1v) is 41.4. The van der Waals surface area contributed by atoms with Crippen LogP contribution in [0.2, 0.25) is 0 Å². The van der Waals surface area contributed by atoms with Crippen LogP contribution in [0.3, 0.4) is 0 Å². The molecule has 35 heteroatoms. The molecule has 7 atom stereocenters. The number of unbranched alkanes of at least 4 members (excludes halogenated alkanes) is 6. The zero-order chi connectivity index (χ0) is 76.5. The van der Waals surface area contributed by atoms with Crippen molar-refractivity contribution in [2.45, 2.75) is 181 Å². The number of ketones is 4. The van der Waals surface area contributed by atoms with Crippen LogP contribution in [0.5, 0.6) is 0 Å². The number of thioether (sulfide) groups is 2. The van der Waals surface area contributed by atoms with Crippen LogP contribution in [0.25, 0.3) is 0 Å². The molecule has 5 aliphatic rings. The van der Waals surface area contributed by atoms with Gasteiger partial charge in [-0.3, -0.25) is 38.1 Å². The van der Waals surface area contributed by atoms with Gasteiger partial charge < -0.3 is 88.3 Å². The van der Waals surface area contributed by atoms with E-state index < -0.39 is 39.6 Å². The minimum Gasteiger partial charge on any atom is -0.378 e. The highest BCUT2D eigenvalue weighted by Gasteiger charge is 2.49. The predicted octanol–water partition coefficient (Wildman–Crippen LogP) is 4.19. The van der Waals surface area contributed by atoms with Gasteiger partial charge in [-0.15, -0.1) is 5.06 Å². The van der Waals surface area contributed by atoms with Crippen LogP contribution in [0, 0.1) is 0 Å². The summed E-state index contributed by atoms with van der Waals surface area (Å²) in [7, 11) is -4.81. The number of ether oxygens (including phenoxy) is 12. The highest BCUT2D eigenvalue weighted by atomic mass is 32.2. The topological polar surface area (TPSA) is 408 Å². The molecule has 5 aliphatic heterocycles. The summed E-state index contributed by atoms with van der Waals surface area (Å²) in [6.45, 7) is 8.36. The minimum atomic E-state index is -4.81. The van der Waals surface area contributed by atoms with E-state index in [-0.39, 0.29) is 123 Å². The molecule has 0 aromatic heterocycles. The first-order valence-electron chi connectivity index (χ1n) is 37.7. The molecule has 0 bridgehead atoms. The lowest BCUT2D eigenvalue weighted by Gasteiger charge is -2.16. The molecule has 6 N–H and O–H groups in total. The third kappa shape index (κ3) is 38.9. The first-order chi connectivity index (χ1) is 51.9. The van der Waals surface area contributed by atoms with E-state index in [0.717, 1.165) is 75.7 Å². The first kappa shape index (κ1) is 90.5. The number of hydrogen-bond acceptors (Lipinski definition) is 27. The Bertz CT molecular complexity index is 2870. The number of amides is 7. The van der Waals surface area contributed by atoms with Crippen LogP contribution in [-0.2, 0) is 118 Å². The van der Waals surface area contributed by atoms with E-state index >= 15 is 0 Å². The van der Waals surface area contributed by atoms with Gasteiger partial charge in [0.15, 0.2) is 5.25 Å². The number of benzene rings is 1. The maximum Gasteiger partial charge on any atom is 0.335 e. The summed E-state index contributed by atoms with van der Waals surface area (Å²) in [5.41, 5.74) is 1.67. The molecular formula is C72H114N6O26S3. The number of nitrogens with one attached hydrogen (secondary N) is 5. The maximum atomic E-state index is 13.5. The van der Waals surface area contributed by atoms with Crippen molar-refractivity contribution in [1.29, 1.82) is 0 Å². The Hall–Kier alpha value is -5.35. The van der Waals surface area contributed by atoms with Gasteiger partial charge >= 0.3 is 18.0 Å². The van der Waals surface area contributed by atoms with Crippen molar-refractivity contribution in [2.75, 3.05) is 177 Å². The second kappa shape index (κ2) is 54.3. The van der Waals surface area contributed by atoms with Gasteiger partial charge in [0.2, 0.25) is 0 Å². The van der Waals surface area contributed by atoms with Crippen molar-refractivity contribution in [3.8, 4) is 0 Å². The van der Waals surface area contributed by atoms with Crippen molar-refractivity contribution in [2.24, 2.45) is 0 Å². The van der Waals surface area contributed by atoms with Crippen molar-refractivity contribution >= 4 is 92.5 Å². The van der Waals surface area contributed by atoms with Crippen LogP contribution < -0.4 is 26.6 Å². The van der Waals surface area contributed by atoms with Crippen molar-refractivity contribution < 1.29 is 123 Å². The third-order valence-corrected chi connectivity index (χ3v) is 22.0. The molecule has 0 aliphatic carbocycles. The van der Waals surface area contributed by atoms with Crippen molar-refractivity contribution in [3.63, 3.8) is 0 Å². The van der Waals surface area contributed by atoms with Gasteiger partial charge in [-0.05, 0) is 74.6 Å². The number of Topliss-reactive ketones (excluding diaryl/α,β-unsaturated/α-hetero) is 4. The lowest BCUT2D eigenvalue weighted by molar-refractivity contribution is -0.198. The molecule has 606 valence electrons. The highest BCUT2D eigenvalue weighted by Crippen LogP contribution is 2.35. The Morgan fingerprint density at radius 3 is 1.12 bits per heavy atom. The fourth-order valence-corrected chi connectivity index (χ4v) is 16.1. The largest absolute Gasteiger partial charge is 0.378 e. The monoisotopic (exact) mass is 1570 g/mol. The maximum absolute atomic E-state index is 13.5. The lowest BCUT2D eigenvalue weighted by Crippen LogP contribution is -2.36. The number of fused-ring (bicyclic) bond motifs is 2. The fraction of sp³-hybridized carbons (Fsp3) is 0.778. The Morgan fingerprint density at radius 2 is 0.766 bits per heavy atom. The smallest absolute Gasteiger partial charge is 0.335 e. The quantitative estimate of drug-likeness (QED) is 0.0230. The summed E-state index contributed by atoms with van der Waals surface area (Å²) in [6.07, 6.45) is 11.6. The number of carbonyl (C=O) groups is 10. The number of hydroxylamine groups is 2. The van der Waals surface area contributed by atoms with Crippen LogP contribution in [0.1, 0.15) is 150 Å². The average Bonchev–Trinajstić information content (AvgIpc) is 1.66. The summed E-state index contributed by atoms with van der Waals surface area (Å²) in [5, 5.41) is 13.7. The van der Waals surface area contributed by atoms with E-state index in [1.807, 2.05) is 29.6 Å². The number of hydrogen-bond donors (Lipinski definition) is 6. The zero-order valence-electron chi connectivity index (χ0n) is 61.7. The molecule has 32 nitrogen and oxygen atoms in total. The molecule has 5 fully saturated rings. The fourth-order valence-electron chi connectivity index (χ4n) is 12.3. The van der Waals surface area contributed by atoms with E-state index in [9.17, 15) is 56.4 Å². The van der Waals surface area contributed by atoms with Gasteiger partial charge in [0.05, 0.1) is 196 Å². The Labute approximate surface area is 636 Å². The number of imide groups is 1. The third-order valence-electron chi connectivity index (χ3n) is 17.9. The summed E-state index contributed by atoms with van der Waals surface area (Å²) < 4.78 is 97.4. The second-order valence-electron chi connectivity index (χ2n) is 26.5. The molecule has 5 heterocycles. The molecule has 0 saturated carbocycles. The number of urea groups is 2. The molecule has 1 aromatic carbocycles. The molecular weight excluding hydrogens is 1460 g/mol. The highest BCUT2D eigenvalue weighted by molar-refractivity contribution is 8.00. The summed E-state index contributed by atoms with van der Waals surface area (Å²) in [6, 6.07) is 5.79. The van der Waals surface area contributed by atoms with E-state index in [2.05, 4.69) is 31.4 Å². The predicted molar refractivity (Wildman–Crippen MR) is 393 cm³/mol. The Morgan fingerprint density at radius 1 is 0.430 bits per heavy atom. The van der Waals surface area contributed by atoms with Crippen molar-refractivity contribution in [3.05, 3.63) is 34.9 Å². The Balaban J connectivity index is 0.689. The van der Waals surface area contributed by atoms with Crippen LogP contribution in [0.4, 0.5) is 9.59 Å². The van der Waals surface area contributed by atoms with E-state index in [4.69, 9.17) is 61.4 Å². The minimum absolute atomic E-state index is 0.0182. The van der Waals surface area contributed by atoms with E-state index in [1.165, 1.54) is 0 Å². The van der Waals surface area contributed by atoms with Gasteiger partial charge in [-0.1, -0.05) is 31.7 Å². The summed E-state index contributed by atoms with van der Waals surface area (Å²) in [5.74, 6) is -1.39. The number of carbonyl (C=O) groups excluding carboxylic acids is 10. The van der Waals surface area contributed by atoms with Crippen LogP contribution >= 0.6 is 23.5 Å². The SMILES string of the molecule is O=C(CCCCCC(=O)Cc1cc(CC(=O)CCCCCC(=O)CCCCC2SCC3NC(=O)NC32)cc(C(=O)NCCOCCOCCOCCOCCOCCOCCOCCOCCOCCOCCOCCOCCC(=O)ON2C(=O)CC(S(=O)(=O)O)C2=O)c1)CCCCC1SCC2NC(=O)NC21. The zero-order valence-corrected chi connectivity index (χ0v) is 64.2. The Kier molecular flexibility index (Phi) is 46.0.